The second kappa shape index (κ2) is 7.74. The number of nitrogens with zero attached hydrogens (tertiary/aromatic N) is 1. The van der Waals surface area contributed by atoms with Gasteiger partial charge in [-0.3, -0.25) is 9.59 Å². The number of rotatable bonds is 6. The highest BCUT2D eigenvalue weighted by Gasteiger charge is 2.16. The molecule has 1 aromatic carbocycles. The molecule has 0 saturated heterocycles. The highest BCUT2D eigenvalue weighted by atomic mass is 16.2. The highest BCUT2D eigenvalue weighted by Crippen LogP contribution is 2.07. The monoisotopic (exact) mass is 313 g/mol. The van der Waals surface area contributed by atoms with Crippen molar-refractivity contribution >= 4 is 11.6 Å². The molecule has 2 aromatic rings. The minimum absolute atomic E-state index is 0.235. The summed E-state index contributed by atoms with van der Waals surface area (Å²) < 4.78 is 1.57. The molecule has 1 amide bonds. The van der Waals surface area contributed by atoms with Crippen molar-refractivity contribution in [3.05, 3.63) is 64.6 Å². The van der Waals surface area contributed by atoms with Crippen LogP contribution in [0.15, 0.2) is 53.5 Å². The SMILES string of the molecule is CC(C)C[C@H](N)C(=O)Nc1cccn(Cc2ccccc2)c1=O. The van der Waals surface area contributed by atoms with E-state index >= 15 is 0 Å². The normalized spacial score (nSPS) is 12.2. The minimum atomic E-state index is -0.614. The van der Waals surface area contributed by atoms with Crippen molar-refractivity contribution in [1.82, 2.24) is 4.57 Å². The van der Waals surface area contributed by atoms with Crippen molar-refractivity contribution in [1.29, 1.82) is 0 Å². The van der Waals surface area contributed by atoms with Crippen LogP contribution in [0.3, 0.4) is 0 Å². The molecule has 0 fully saturated rings. The average molecular weight is 313 g/mol. The van der Waals surface area contributed by atoms with Gasteiger partial charge in [-0.05, 0) is 30.0 Å². The summed E-state index contributed by atoms with van der Waals surface area (Å²) in [6.45, 7) is 4.46. The molecule has 0 bridgehead atoms. The number of anilines is 1. The van der Waals surface area contributed by atoms with Crippen molar-refractivity contribution in [2.24, 2.45) is 11.7 Å². The van der Waals surface area contributed by atoms with Crippen LogP contribution >= 0.6 is 0 Å². The van der Waals surface area contributed by atoms with Crippen LogP contribution in [0.25, 0.3) is 0 Å². The molecule has 122 valence electrons. The van der Waals surface area contributed by atoms with Crippen LogP contribution in [0, 0.1) is 5.92 Å². The van der Waals surface area contributed by atoms with E-state index in [1.54, 1.807) is 22.9 Å². The number of aromatic nitrogens is 1. The molecule has 1 atom stereocenters. The van der Waals surface area contributed by atoms with Gasteiger partial charge in [0.15, 0.2) is 0 Å². The molecule has 0 unspecified atom stereocenters. The van der Waals surface area contributed by atoms with Crippen molar-refractivity contribution in [3.8, 4) is 0 Å². The largest absolute Gasteiger partial charge is 0.320 e. The maximum absolute atomic E-state index is 12.5. The smallest absolute Gasteiger partial charge is 0.274 e. The lowest BCUT2D eigenvalue weighted by atomic mass is 10.0. The van der Waals surface area contributed by atoms with Crippen LogP contribution in [0.2, 0.25) is 0 Å². The van der Waals surface area contributed by atoms with E-state index in [9.17, 15) is 9.59 Å². The van der Waals surface area contributed by atoms with Crippen molar-refractivity contribution in [2.45, 2.75) is 32.9 Å². The topological polar surface area (TPSA) is 77.1 Å². The molecule has 5 heteroatoms. The fourth-order valence-electron chi connectivity index (χ4n) is 2.38. The number of amides is 1. The van der Waals surface area contributed by atoms with Gasteiger partial charge < -0.3 is 15.6 Å². The van der Waals surface area contributed by atoms with Crippen LogP contribution in [0.5, 0.6) is 0 Å². The van der Waals surface area contributed by atoms with E-state index in [-0.39, 0.29) is 17.2 Å². The Kier molecular flexibility index (Phi) is 5.71. The third-order valence-corrected chi connectivity index (χ3v) is 3.54. The maximum atomic E-state index is 12.5. The number of hydrogen-bond acceptors (Lipinski definition) is 3. The van der Waals surface area contributed by atoms with Crippen LogP contribution in [-0.4, -0.2) is 16.5 Å². The molecule has 2 rings (SSSR count). The molecule has 0 saturated carbocycles. The number of carbonyl (C=O) groups is 1. The Morgan fingerprint density at radius 2 is 1.87 bits per heavy atom. The number of nitrogens with two attached hydrogens (primary N) is 1. The van der Waals surface area contributed by atoms with Gasteiger partial charge in [0.2, 0.25) is 5.91 Å². The Hall–Kier alpha value is -2.40. The lowest BCUT2D eigenvalue weighted by Gasteiger charge is -2.14. The summed E-state index contributed by atoms with van der Waals surface area (Å²) in [7, 11) is 0. The Morgan fingerprint density at radius 3 is 2.52 bits per heavy atom. The van der Waals surface area contributed by atoms with Gasteiger partial charge in [-0.15, -0.1) is 0 Å². The first-order valence-electron chi connectivity index (χ1n) is 7.77. The second-order valence-corrected chi connectivity index (χ2v) is 6.07. The minimum Gasteiger partial charge on any atom is -0.320 e. The molecule has 23 heavy (non-hydrogen) atoms. The van der Waals surface area contributed by atoms with Gasteiger partial charge in [0, 0.05) is 6.20 Å². The van der Waals surface area contributed by atoms with E-state index in [1.165, 1.54) is 0 Å². The van der Waals surface area contributed by atoms with Gasteiger partial charge in [0.05, 0.1) is 12.6 Å². The summed E-state index contributed by atoms with van der Waals surface area (Å²) in [4.78, 5) is 24.5. The van der Waals surface area contributed by atoms with Crippen LogP contribution in [0.4, 0.5) is 5.69 Å². The molecule has 0 aliphatic rings. The van der Waals surface area contributed by atoms with Crippen molar-refractivity contribution in [3.63, 3.8) is 0 Å². The summed E-state index contributed by atoms with van der Waals surface area (Å²) in [6.07, 6.45) is 2.29. The zero-order chi connectivity index (χ0) is 16.8. The molecule has 3 N–H and O–H groups in total. The number of benzene rings is 1. The summed E-state index contributed by atoms with van der Waals surface area (Å²) in [5.41, 5.74) is 6.90. The molecule has 0 aliphatic carbocycles. The van der Waals surface area contributed by atoms with Gasteiger partial charge in [-0.25, -0.2) is 0 Å². The van der Waals surface area contributed by atoms with Gasteiger partial charge in [-0.1, -0.05) is 44.2 Å². The Bertz CT molecular complexity index is 708. The summed E-state index contributed by atoms with van der Waals surface area (Å²) in [5, 5.41) is 2.64. The molecule has 0 spiro atoms. The van der Waals surface area contributed by atoms with E-state index in [0.29, 0.717) is 18.9 Å². The predicted molar refractivity (Wildman–Crippen MR) is 92.3 cm³/mol. The first-order valence-corrected chi connectivity index (χ1v) is 7.77. The molecular weight excluding hydrogens is 290 g/mol. The zero-order valence-electron chi connectivity index (χ0n) is 13.5. The first-order chi connectivity index (χ1) is 11.0. The summed E-state index contributed by atoms with van der Waals surface area (Å²) >= 11 is 0. The van der Waals surface area contributed by atoms with E-state index in [1.807, 2.05) is 44.2 Å². The van der Waals surface area contributed by atoms with Crippen molar-refractivity contribution < 1.29 is 4.79 Å². The quantitative estimate of drug-likeness (QED) is 0.858. The third-order valence-electron chi connectivity index (χ3n) is 3.54. The standard InChI is InChI=1S/C18H23N3O2/c1-13(2)11-15(19)17(22)20-16-9-6-10-21(18(16)23)12-14-7-4-3-5-8-14/h3-10,13,15H,11-12,19H2,1-2H3,(H,20,22)/t15-/m0/s1. The molecule has 1 heterocycles. The Labute approximate surface area is 136 Å². The van der Waals surface area contributed by atoms with E-state index in [4.69, 9.17) is 5.73 Å². The van der Waals surface area contributed by atoms with Gasteiger partial charge in [-0.2, -0.15) is 0 Å². The summed E-state index contributed by atoms with van der Waals surface area (Å²) in [5.74, 6) is -0.00507. The number of carbonyl (C=O) groups excluding carboxylic acids is 1. The Balaban J connectivity index is 2.13. The molecular formula is C18H23N3O2. The predicted octanol–water partition coefficient (Wildman–Crippen LogP) is 2.21. The first kappa shape index (κ1) is 17.0. The van der Waals surface area contributed by atoms with Crippen molar-refractivity contribution in [2.75, 3.05) is 5.32 Å². The van der Waals surface area contributed by atoms with E-state index in [2.05, 4.69) is 5.32 Å². The van der Waals surface area contributed by atoms with Gasteiger partial charge in [0.25, 0.3) is 5.56 Å². The Morgan fingerprint density at radius 1 is 1.17 bits per heavy atom. The average Bonchev–Trinajstić information content (AvgIpc) is 2.51. The third kappa shape index (κ3) is 4.79. The van der Waals surface area contributed by atoms with Crippen LogP contribution in [-0.2, 0) is 11.3 Å². The molecule has 5 nitrogen and oxygen atoms in total. The van der Waals surface area contributed by atoms with E-state index in [0.717, 1.165) is 5.56 Å². The highest BCUT2D eigenvalue weighted by molar-refractivity contribution is 5.94. The number of nitrogens with one attached hydrogen (secondary N) is 1. The maximum Gasteiger partial charge on any atom is 0.274 e. The second-order valence-electron chi connectivity index (χ2n) is 6.07. The number of hydrogen-bond donors (Lipinski definition) is 2. The lowest BCUT2D eigenvalue weighted by molar-refractivity contribution is -0.117. The summed E-state index contributed by atoms with van der Waals surface area (Å²) in [6, 6.07) is 12.4. The van der Waals surface area contributed by atoms with E-state index < -0.39 is 6.04 Å². The number of pyridine rings is 1. The zero-order valence-corrected chi connectivity index (χ0v) is 13.5. The van der Waals surface area contributed by atoms with Crippen LogP contribution < -0.4 is 16.6 Å². The van der Waals surface area contributed by atoms with Gasteiger partial charge >= 0.3 is 0 Å². The lowest BCUT2D eigenvalue weighted by Crippen LogP contribution is -2.38. The van der Waals surface area contributed by atoms with Gasteiger partial charge in [0.1, 0.15) is 5.69 Å². The van der Waals surface area contributed by atoms with Crippen LogP contribution in [0.1, 0.15) is 25.8 Å². The molecule has 0 aliphatic heterocycles. The molecule has 1 aromatic heterocycles. The molecule has 0 radical (unpaired) electrons. The fraction of sp³-hybridized carbons (Fsp3) is 0.333. The fourth-order valence-corrected chi connectivity index (χ4v) is 2.38.